The zero-order chi connectivity index (χ0) is 23.3. The Morgan fingerprint density at radius 2 is 1.91 bits per heavy atom. The fourth-order valence-electron chi connectivity index (χ4n) is 4.13. The summed E-state index contributed by atoms with van der Waals surface area (Å²) in [6, 6.07) is 19.0. The number of hydrogen-bond acceptors (Lipinski definition) is 5. The maximum atomic E-state index is 13.1. The predicted molar refractivity (Wildman–Crippen MR) is 133 cm³/mol. The van der Waals surface area contributed by atoms with Crippen LogP contribution in [0.25, 0.3) is 5.65 Å². The highest BCUT2D eigenvalue weighted by Crippen LogP contribution is 2.25. The molecule has 4 aromatic rings. The number of pyridine rings is 2. The fourth-order valence-corrected chi connectivity index (χ4v) is 4.91. The van der Waals surface area contributed by atoms with Gasteiger partial charge < -0.3 is 14.6 Å². The number of carbonyl (C=O) groups excluding carboxylic acids is 2. The van der Waals surface area contributed by atoms with Crippen molar-refractivity contribution >= 4 is 35.0 Å². The molecule has 1 aliphatic heterocycles. The van der Waals surface area contributed by atoms with Gasteiger partial charge in [-0.2, -0.15) is 0 Å². The van der Waals surface area contributed by atoms with E-state index >= 15 is 0 Å². The smallest absolute Gasteiger partial charge is 0.253 e. The standard InChI is InChI=1S/C26H25N5O2S/c32-25(29-23-7-1-3-13-27-23)20-6-5-15-31(16-20)26(33)19-9-11-22(12-10-19)34-18-21-17-30-14-4-2-8-24(30)28-21/h1-4,7-14,17,20H,5-6,15-16,18H2,(H,27,29,32)/t20-/m0/s1. The van der Waals surface area contributed by atoms with Crippen LogP contribution >= 0.6 is 11.8 Å². The van der Waals surface area contributed by atoms with Crippen LogP contribution in [0.15, 0.2) is 84.1 Å². The van der Waals surface area contributed by atoms with Gasteiger partial charge >= 0.3 is 0 Å². The van der Waals surface area contributed by atoms with Gasteiger partial charge in [-0.1, -0.05) is 12.1 Å². The van der Waals surface area contributed by atoms with Crippen LogP contribution < -0.4 is 5.32 Å². The van der Waals surface area contributed by atoms with E-state index in [-0.39, 0.29) is 17.7 Å². The first kappa shape index (κ1) is 22.2. The van der Waals surface area contributed by atoms with Gasteiger partial charge in [0, 0.05) is 47.9 Å². The van der Waals surface area contributed by atoms with Crippen molar-refractivity contribution in [3.63, 3.8) is 0 Å². The number of rotatable bonds is 6. The molecule has 5 rings (SSSR count). The number of likely N-dealkylation sites (tertiary alicyclic amines) is 1. The van der Waals surface area contributed by atoms with Crippen molar-refractivity contribution in [2.24, 2.45) is 5.92 Å². The molecule has 1 N–H and O–H groups in total. The van der Waals surface area contributed by atoms with Gasteiger partial charge in [0.05, 0.1) is 11.6 Å². The largest absolute Gasteiger partial charge is 0.338 e. The maximum absolute atomic E-state index is 13.1. The van der Waals surface area contributed by atoms with E-state index in [4.69, 9.17) is 0 Å². The summed E-state index contributed by atoms with van der Waals surface area (Å²) in [5.41, 5.74) is 2.59. The molecule has 3 aromatic heterocycles. The summed E-state index contributed by atoms with van der Waals surface area (Å²) in [5.74, 6) is 0.934. The van der Waals surface area contributed by atoms with Gasteiger partial charge in [0.1, 0.15) is 11.5 Å². The number of nitrogens with zero attached hydrogens (tertiary/aromatic N) is 4. The highest BCUT2D eigenvalue weighted by atomic mass is 32.2. The second kappa shape index (κ2) is 10.1. The number of nitrogens with one attached hydrogen (secondary N) is 1. The van der Waals surface area contributed by atoms with Gasteiger partial charge in [-0.05, 0) is 61.4 Å². The second-order valence-corrected chi connectivity index (χ2v) is 9.35. The number of hydrogen-bond donors (Lipinski definition) is 1. The number of carbonyl (C=O) groups is 2. The van der Waals surface area contributed by atoms with Crippen LogP contribution in [-0.4, -0.2) is 44.2 Å². The van der Waals surface area contributed by atoms with Crippen molar-refractivity contribution in [3.05, 3.63) is 90.5 Å². The lowest BCUT2D eigenvalue weighted by Gasteiger charge is -2.32. The summed E-state index contributed by atoms with van der Waals surface area (Å²) >= 11 is 1.69. The minimum Gasteiger partial charge on any atom is -0.338 e. The Hall–Kier alpha value is -3.65. The lowest BCUT2D eigenvalue weighted by molar-refractivity contribution is -0.121. The zero-order valence-corrected chi connectivity index (χ0v) is 19.4. The van der Waals surface area contributed by atoms with Crippen molar-refractivity contribution in [2.75, 3.05) is 18.4 Å². The molecule has 7 nitrogen and oxygen atoms in total. The average molecular weight is 472 g/mol. The fraction of sp³-hybridized carbons (Fsp3) is 0.231. The van der Waals surface area contributed by atoms with E-state index in [0.717, 1.165) is 34.8 Å². The first-order valence-corrected chi connectivity index (χ1v) is 12.3. The van der Waals surface area contributed by atoms with Gasteiger partial charge in [-0.15, -0.1) is 11.8 Å². The Kier molecular flexibility index (Phi) is 6.58. The minimum atomic E-state index is -0.236. The summed E-state index contributed by atoms with van der Waals surface area (Å²) in [5, 5.41) is 2.86. The van der Waals surface area contributed by atoms with Gasteiger partial charge in [0.15, 0.2) is 0 Å². The summed E-state index contributed by atoms with van der Waals surface area (Å²) in [7, 11) is 0. The molecule has 0 saturated carbocycles. The highest BCUT2D eigenvalue weighted by Gasteiger charge is 2.29. The Morgan fingerprint density at radius 3 is 2.71 bits per heavy atom. The number of thioether (sulfide) groups is 1. The third kappa shape index (κ3) is 5.12. The first-order chi connectivity index (χ1) is 16.7. The predicted octanol–water partition coefficient (Wildman–Crippen LogP) is 4.51. The van der Waals surface area contributed by atoms with E-state index in [1.165, 1.54) is 0 Å². The molecule has 0 aliphatic carbocycles. The first-order valence-electron chi connectivity index (χ1n) is 11.3. The Bertz CT molecular complexity index is 1260. The molecule has 1 fully saturated rings. The van der Waals surface area contributed by atoms with E-state index in [2.05, 4.69) is 15.3 Å². The number of amides is 2. The summed E-state index contributed by atoms with van der Waals surface area (Å²) in [6.07, 6.45) is 7.24. The van der Waals surface area contributed by atoms with Crippen molar-refractivity contribution in [1.82, 2.24) is 19.3 Å². The molecule has 0 spiro atoms. The van der Waals surface area contributed by atoms with E-state index < -0.39 is 0 Å². The maximum Gasteiger partial charge on any atom is 0.253 e. The number of imidazole rings is 1. The third-order valence-corrected chi connectivity index (χ3v) is 6.94. The quantitative estimate of drug-likeness (QED) is 0.419. The number of benzene rings is 1. The average Bonchev–Trinajstić information content (AvgIpc) is 3.31. The molecular weight excluding hydrogens is 446 g/mol. The van der Waals surface area contributed by atoms with E-state index in [0.29, 0.717) is 24.5 Å². The molecule has 34 heavy (non-hydrogen) atoms. The van der Waals surface area contributed by atoms with Crippen molar-refractivity contribution in [3.8, 4) is 0 Å². The van der Waals surface area contributed by atoms with Crippen LogP contribution in [0.2, 0.25) is 0 Å². The number of fused-ring (bicyclic) bond motifs is 1. The van der Waals surface area contributed by atoms with E-state index in [9.17, 15) is 9.59 Å². The molecule has 172 valence electrons. The van der Waals surface area contributed by atoms with Crippen LogP contribution in [0.5, 0.6) is 0 Å². The molecule has 1 aromatic carbocycles. The normalized spacial score (nSPS) is 15.9. The lowest BCUT2D eigenvalue weighted by atomic mass is 9.96. The van der Waals surface area contributed by atoms with E-state index in [1.54, 1.807) is 35.0 Å². The Morgan fingerprint density at radius 1 is 1.06 bits per heavy atom. The number of anilines is 1. The van der Waals surface area contributed by atoms with Crippen molar-refractivity contribution in [2.45, 2.75) is 23.5 Å². The van der Waals surface area contributed by atoms with Gasteiger partial charge in [-0.3, -0.25) is 9.59 Å². The van der Waals surface area contributed by atoms with Crippen LogP contribution in [0.1, 0.15) is 28.9 Å². The molecule has 1 aliphatic rings. The molecule has 4 heterocycles. The monoisotopic (exact) mass is 471 g/mol. The molecule has 0 unspecified atom stereocenters. The summed E-state index contributed by atoms with van der Waals surface area (Å²) in [6.45, 7) is 1.08. The summed E-state index contributed by atoms with van der Waals surface area (Å²) < 4.78 is 2.01. The van der Waals surface area contributed by atoms with Crippen LogP contribution in [-0.2, 0) is 10.5 Å². The highest BCUT2D eigenvalue weighted by molar-refractivity contribution is 7.98. The number of aromatic nitrogens is 3. The Balaban J connectivity index is 1.17. The van der Waals surface area contributed by atoms with Gasteiger partial charge in [0.25, 0.3) is 5.91 Å². The van der Waals surface area contributed by atoms with Crippen molar-refractivity contribution in [1.29, 1.82) is 0 Å². The SMILES string of the molecule is O=C(Nc1ccccn1)[C@H]1CCCN(C(=O)c2ccc(SCc3cn4ccccc4n3)cc2)C1. The van der Waals surface area contributed by atoms with Gasteiger partial charge in [-0.25, -0.2) is 9.97 Å². The minimum absolute atomic E-state index is 0.0350. The molecule has 1 atom stereocenters. The van der Waals surface area contributed by atoms with Crippen molar-refractivity contribution < 1.29 is 9.59 Å². The molecule has 0 bridgehead atoms. The molecule has 8 heteroatoms. The Labute approximate surface area is 202 Å². The van der Waals surface area contributed by atoms with E-state index in [1.807, 2.05) is 65.3 Å². The topological polar surface area (TPSA) is 79.6 Å². The number of piperidine rings is 1. The second-order valence-electron chi connectivity index (χ2n) is 8.31. The van der Waals surface area contributed by atoms with Crippen LogP contribution in [0.3, 0.4) is 0 Å². The molecule has 1 saturated heterocycles. The lowest BCUT2D eigenvalue weighted by Crippen LogP contribution is -2.43. The van der Waals surface area contributed by atoms with Gasteiger partial charge in [0.2, 0.25) is 5.91 Å². The summed E-state index contributed by atoms with van der Waals surface area (Å²) in [4.78, 5) is 37.4. The third-order valence-electron chi connectivity index (χ3n) is 5.90. The molecule has 2 amide bonds. The molecular formula is C26H25N5O2S. The van der Waals surface area contributed by atoms with Crippen LogP contribution in [0, 0.1) is 5.92 Å². The zero-order valence-electron chi connectivity index (χ0n) is 18.6. The van der Waals surface area contributed by atoms with Crippen LogP contribution in [0.4, 0.5) is 5.82 Å². The molecule has 0 radical (unpaired) electrons.